The fraction of sp³-hybridized carbons (Fsp3) is 0.200. The Morgan fingerprint density at radius 3 is 2.69 bits per heavy atom. The summed E-state index contributed by atoms with van der Waals surface area (Å²) in [5, 5.41) is 5.62. The van der Waals surface area contributed by atoms with Crippen molar-refractivity contribution in [1.82, 2.24) is 10.2 Å². The Morgan fingerprint density at radius 2 is 1.96 bits per heavy atom. The number of anilines is 1. The molecule has 1 heterocycles. The smallest absolute Gasteiger partial charge is 0.291 e. The maximum absolute atomic E-state index is 12.3. The van der Waals surface area contributed by atoms with E-state index in [1.807, 2.05) is 49.3 Å². The Balaban J connectivity index is 1.74. The first-order valence-corrected chi connectivity index (χ1v) is 8.36. The zero-order valence-electron chi connectivity index (χ0n) is 14.8. The molecule has 0 fully saturated rings. The Bertz CT molecular complexity index is 845. The topological polar surface area (TPSA) is 70.7 Å². The van der Waals surface area contributed by atoms with Crippen LogP contribution in [0.15, 0.2) is 54.3 Å². The molecule has 0 aliphatic carbocycles. The normalized spacial score (nSPS) is 14.6. The molecule has 2 aromatic rings. The summed E-state index contributed by atoms with van der Waals surface area (Å²) in [4.78, 5) is 26.5. The van der Waals surface area contributed by atoms with E-state index in [-0.39, 0.29) is 17.6 Å². The molecule has 0 atom stereocenters. The van der Waals surface area contributed by atoms with Gasteiger partial charge in [-0.3, -0.25) is 9.59 Å². The minimum atomic E-state index is -0.341. The van der Waals surface area contributed by atoms with Crippen molar-refractivity contribution in [2.24, 2.45) is 0 Å². The van der Waals surface area contributed by atoms with Crippen molar-refractivity contribution in [1.29, 1.82) is 0 Å². The molecule has 1 aliphatic heterocycles. The molecule has 134 valence electrons. The van der Waals surface area contributed by atoms with Gasteiger partial charge >= 0.3 is 0 Å². The van der Waals surface area contributed by atoms with Crippen molar-refractivity contribution in [2.75, 3.05) is 32.5 Å². The summed E-state index contributed by atoms with van der Waals surface area (Å²) in [7, 11) is 3.89. The van der Waals surface area contributed by atoms with E-state index in [0.717, 1.165) is 12.1 Å². The van der Waals surface area contributed by atoms with Crippen molar-refractivity contribution in [2.45, 2.75) is 0 Å². The zero-order chi connectivity index (χ0) is 18.5. The Kier molecular flexibility index (Phi) is 5.34. The van der Waals surface area contributed by atoms with E-state index in [9.17, 15) is 9.59 Å². The van der Waals surface area contributed by atoms with Crippen LogP contribution in [0.2, 0.25) is 0 Å². The molecule has 0 unspecified atom stereocenters. The van der Waals surface area contributed by atoms with Gasteiger partial charge in [0.15, 0.2) is 11.5 Å². The maximum atomic E-state index is 12.3. The predicted molar refractivity (Wildman–Crippen MR) is 101 cm³/mol. The van der Waals surface area contributed by atoms with Crippen LogP contribution in [0, 0.1) is 0 Å². The number of nitrogens with zero attached hydrogens (tertiary/aromatic N) is 1. The molecule has 2 N–H and O–H groups in total. The number of rotatable bonds is 5. The minimum Gasteiger partial charge on any atom is -0.449 e. The monoisotopic (exact) mass is 351 g/mol. The van der Waals surface area contributed by atoms with Crippen molar-refractivity contribution in [3.05, 3.63) is 65.4 Å². The molecular formula is C20H21N3O3. The van der Waals surface area contributed by atoms with Crippen LogP contribution >= 0.6 is 0 Å². The summed E-state index contributed by atoms with van der Waals surface area (Å²) in [5.41, 5.74) is 1.83. The number of nitrogens with one attached hydrogen (secondary N) is 2. The van der Waals surface area contributed by atoms with Gasteiger partial charge in [0.05, 0.1) is 5.69 Å². The van der Waals surface area contributed by atoms with E-state index in [1.165, 1.54) is 0 Å². The van der Waals surface area contributed by atoms with Crippen molar-refractivity contribution >= 4 is 23.6 Å². The number of carbonyl (C=O) groups is 2. The van der Waals surface area contributed by atoms with Gasteiger partial charge in [-0.05, 0) is 43.9 Å². The standard InChI is InChI=1S/C20H21N3O3/c1-23(2)11-10-21-19(24)15-8-9-17-16(13-15)22-20(25)18(26-17)12-14-6-4-3-5-7-14/h3-9,12-13H,10-11H2,1-2H3,(H,21,24)(H,22,25). The quantitative estimate of drug-likeness (QED) is 0.812. The minimum absolute atomic E-state index is 0.186. The molecule has 0 spiro atoms. The molecule has 6 nitrogen and oxygen atoms in total. The molecule has 0 saturated carbocycles. The van der Waals surface area contributed by atoms with Gasteiger partial charge in [-0.1, -0.05) is 30.3 Å². The fourth-order valence-electron chi connectivity index (χ4n) is 2.50. The summed E-state index contributed by atoms with van der Waals surface area (Å²) in [6.07, 6.45) is 1.68. The lowest BCUT2D eigenvalue weighted by Gasteiger charge is -2.20. The summed E-state index contributed by atoms with van der Waals surface area (Å²) in [6, 6.07) is 14.5. The second kappa shape index (κ2) is 7.84. The lowest BCUT2D eigenvalue weighted by molar-refractivity contribution is -0.115. The highest BCUT2D eigenvalue weighted by Crippen LogP contribution is 2.32. The van der Waals surface area contributed by atoms with Crippen molar-refractivity contribution in [3.8, 4) is 5.75 Å². The van der Waals surface area contributed by atoms with E-state index in [1.54, 1.807) is 24.3 Å². The Hall–Kier alpha value is -3.12. The molecule has 2 amide bonds. The van der Waals surface area contributed by atoms with Gasteiger partial charge in [0.25, 0.3) is 11.8 Å². The molecule has 1 aliphatic rings. The van der Waals surface area contributed by atoms with Crippen molar-refractivity contribution in [3.63, 3.8) is 0 Å². The van der Waals surface area contributed by atoms with E-state index >= 15 is 0 Å². The molecule has 6 heteroatoms. The molecule has 0 bridgehead atoms. The zero-order valence-corrected chi connectivity index (χ0v) is 14.8. The summed E-state index contributed by atoms with van der Waals surface area (Å²) in [6.45, 7) is 1.31. The largest absolute Gasteiger partial charge is 0.449 e. The van der Waals surface area contributed by atoms with Crippen LogP contribution in [-0.2, 0) is 4.79 Å². The van der Waals surface area contributed by atoms with Crippen LogP contribution in [0.4, 0.5) is 5.69 Å². The van der Waals surface area contributed by atoms with Crippen LogP contribution in [0.25, 0.3) is 6.08 Å². The van der Waals surface area contributed by atoms with Crippen LogP contribution in [0.1, 0.15) is 15.9 Å². The Morgan fingerprint density at radius 1 is 1.19 bits per heavy atom. The average molecular weight is 351 g/mol. The van der Waals surface area contributed by atoms with Gasteiger partial charge in [0.2, 0.25) is 0 Å². The number of hydrogen-bond donors (Lipinski definition) is 2. The van der Waals surface area contributed by atoms with Crippen LogP contribution < -0.4 is 15.4 Å². The van der Waals surface area contributed by atoms with Crippen LogP contribution in [0.3, 0.4) is 0 Å². The molecule has 0 saturated heterocycles. The first-order valence-electron chi connectivity index (χ1n) is 8.36. The lowest BCUT2D eigenvalue weighted by atomic mass is 10.1. The SMILES string of the molecule is CN(C)CCNC(=O)c1ccc2c(c1)NC(=O)C(=Cc1ccccc1)O2. The number of carbonyl (C=O) groups excluding carboxylic acids is 2. The van der Waals surface area contributed by atoms with Gasteiger partial charge in [-0.2, -0.15) is 0 Å². The first kappa shape index (κ1) is 17.7. The van der Waals surface area contributed by atoms with E-state index in [0.29, 0.717) is 23.5 Å². The van der Waals surface area contributed by atoms with E-state index in [4.69, 9.17) is 4.74 Å². The molecule has 0 aromatic heterocycles. The lowest BCUT2D eigenvalue weighted by Crippen LogP contribution is -2.31. The number of likely N-dealkylation sites (N-methyl/N-ethyl adjacent to an activating group) is 1. The third-order valence-electron chi connectivity index (χ3n) is 3.88. The van der Waals surface area contributed by atoms with Gasteiger partial charge in [0.1, 0.15) is 0 Å². The molecular weight excluding hydrogens is 330 g/mol. The van der Waals surface area contributed by atoms with E-state index in [2.05, 4.69) is 10.6 Å². The fourth-order valence-corrected chi connectivity index (χ4v) is 2.50. The van der Waals surface area contributed by atoms with Crippen molar-refractivity contribution < 1.29 is 14.3 Å². The summed E-state index contributed by atoms with van der Waals surface area (Å²) < 4.78 is 5.71. The van der Waals surface area contributed by atoms with Gasteiger partial charge in [-0.15, -0.1) is 0 Å². The van der Waals surface area contributed by atoms with Crippen LogP contribution in [-0.4, -0.2) is 43.9 Å². The second-order valence-electron chi connectivity index (χ2n) is 6.25. The third kappa shape index (κ3) is 4.29. The first-order chi connectivity index (χ1) is 12.5. The molecule has 26 heavy (non-hydrogen) atoms. The average Bonchev–Trinajstić information content (AvgIpc) is 2.62. The predicted octanol–water partition coefficient (Wildman–Crippen LogP) is 2.35. The number of fused-ring (bicyclic) bond motifs is 1. The number of ether oxygens (including phenoxy) is 1. The molecule has 2 aromatic carbocycles. The van der Waals surface area contributed by atoms with Gasteiger partial charge in [0, 0.05) is 18.7 Å². The number of amides is 2. The molecule has 0 radical (unpaired) electrons. The maximum Gasteiger partial charge on any atom is 0.291 e. The highest BCUT2D eigenvalue weighted by atomic mass is 16.5. The van der Waals surface area contributed by atoms with Crippen LogP contribution in [0.5, 0.6) is 5.75 Å². The molecule has 3 rings (SSSR count). The van der Waals surface area contributed by atoms with Gasteiger partial charge < -0.3 is 20.3 Å². The summed E-state index contributed by atoms with van der Waals surface area (Å²) in [5.74, 6) is 0.199. The number of benzene rings is 2. The highest BCUT2D eigenvalue weighted by molar-refractivity contribution is 6.09. The Labute approximate surface area is 152 Å². The van der Waals surface area contributed by atoms with E-state index < -0.39 is 0 Å². The second-order valence-corrected chi connectivity index (χ2v) is 6.25. The third-order valence-corrected chi connectivity index (χ3v) is 3.88. The highest BCUT2D eigenvalue weighted by Gasteiger charge is 2.23. The summed E-state index contributed by atoms with van der Waals surface area (Å²) >= 11 is 0. The number of hydrogen-bond acceptors (Lipinski definition) is 4. The van der Waals surface area contributed by atoms with Gasteiger partial charge in [-0.25, -0.2) is 0 Å².